The van der Waals surface area contributed by atoms with Crippen molar-refractivity contribution in [3.8, 4) is 0 Å². The van der Waals surface area contributed by atoms with Crippen molar-refractivity contribution in [3.63, 3.8) is 0 Å². The van der Waals surface area contributed by atoms with Crippen LogP contribution >= 0.6 is 0 Å². The Balaban J connectivity index is 1.52. The summed E-state index contributed by atoms with van der Waals surface area (Å²) in [6.07, 6.45) is 8.79. The first-order valence-electron chi connectivity index (χ1n) is 7.67. The van der Waals surface area contributed by atoms with Crippen LogP contribution in [0.1, 0.15) is 51.4 Å². The van der Waals surface area contributed by atoms with Gasteiger partial charge in [-0.05, 0) is 38.5 Å². The minimum Gasteiger partial charge on any atom is -0.375 e. The number of hydrogen-bond donors (Lipinski definition) is 1. The SMILES string of the molecule is O=S1(=O)CCC(NC2CCOC3(CCCC3)C2)CC1. The van der Waals surface area contributed by atoms with E-state index >= 15 is 0 Å². The fraction of sp³-hybridized carbons (Fsp3) is 1.00. The molecule has 4 nitrogen and oxygen atoms in total. The third-order valence-electron chi connectivity index (χ3n) is 5.03. The molecule has 1 atom stereocenters. The molecular formula is C14H25NO3S. The van der Waals surface area contributed by atoms with Gasteiger partial charge in [0.25, 0.3) is 0 Å². The van der Waals surface area contributed by atoms with Gasteiger partial charge in [0, 0.05) is 18.7 Å². The number of hydrogen-bond acceptors (Lipinski definition) is 4. The van der Waals surface area contributed by atoms with Crippen molar-refractivity contribution in [2.45, 2.75) is 69.1 Å². The van der Waals surface area contributed by atoms with Gasteiger partial charge in [-0.1, -0.05) is 12.8 Å². The van der Waals surface area contributed by atoms with Crippen LogP contribution in [0.5, 0.6) is 0 Å². The van der Waals surface area contributed by atoms with E-state index in [1.807, 2.05) is 0 Å². The summed E-state index contributed by atoms with van der Waals surface area (Å²) in [5, 5.41) is 3.70. The van der Waals surface area contributed by atoms with Crippen LogP contribution < -0.4 is 5.32 Å². The van der Waals surface area contributed by atoms with Gasteiger partial charge >= 0.3 is 0 Å². The van der Waals surface area contributed by atoms with Crippen LogP contribution in [0.4, 0.5) is 0 Å². The topological polar surface area (TPSA) is 55.4 Å². The van der Waals surface area contributed by atoms with Crippen molar-refractivity contribution in [2.75, 3.05) is 18.1 Å². The highest BCUT2D eigenvalue weighted by molar-refractivity contribution is 7.91. The summed E-state index contributed by atoms with van der Waals surface area (Å²) in [5.41, 5.74) is 0.149. The summed E-state index contributed by atoms with van der Waals surface area (Å²) in [7, 11) is -2.74. The molecule has 0 bridgehead atoms. The zero-order chi connectivity index (χ0) is 13.3. The van der Waals surface area contributed by atoms with Crippen LogP contribution in [0.25, 0.3) is 0 Å². The van der Waals surface area contributed by atoms with Crippen LogP contribution in [0.3, 0.4) is 0 Å². The average Bonchev–Trinajstić information content (AvgIpc) is 2.80. The molecule has 2 saturated heterocycles. The Hall–Kier alpha value is -0.130. The highest BCUT2D eigenvalue weighted by atomic mass is 32.2. The summed E-state index contributed by atoms with van der Waals surface area (Å²) in [6, 6.07) is 0.919. The van der Waals surface area contributed by atoms with E-state index in [2.05, 4.69) is 5.32 Å². The van der Waals surface area contributed by atoms with Crippen LogP contribution in [0.2, 0.25) is 0 Å². The maximum atomic E-state index is 11.4. The Morgan fingerprint density at radius 2 is 1.68 bits per heavy atom. The second kappa shape index (κ2) is 5.34. The molecule has 2 heterocycles. The van der Waals surface area contributed by atoms with Gasteiger partial charge in [0.2, 0.25) is 0 Å². The van der Waals surface area contributed by atoms with Crippen molar-refractivity contribution < 1.29 is 13.2 Å². The van der Waals surface area contributed by atoms with Crippen LogP contribution in [-0.2, 0) is 14.6 Å². The molecule has 1 N–H and O–H groups in total. The lowest BCUT2D eigenvalue weighted by Crippen LogP contribution is -2.50. The summed E-state index contributed by atoms with van der Waals surface area (Å²) >= 11 is 0. The molecule has 0 radical (unpaired) electrons. The van der Waals surface area contributed by atoms with Crippen LogP contribution in [0, 0.1) is 0 Å². The minimum absolute atomic E-state index is 0.149. The van der Waals surface area contributed by atoms with Gasteiger partial charge in [-0.15, -0.1) is 0 Å². The van der Waals surface area contributed by atoms with Crippen molar-refractivity contribution in [1.82, 2.24) is 5.32 Å². The summed E-state index contributed by atoms with van der Waals surface area (Å²) in [6.45, 7) is 0.864. The lowest BCUT2D eigenvalue weighted by atomic mass is 9.88. The second-order valence-corrected chi connectivity index (χ2v) is 8.82. The smallest absolute Gasteiger partial charge is 0.150 e. The van der Waals surface area contributed by atoms with E-state index in [4.69, 9.17) is 4.74 Å². The van der Waals surface area contributed by atoms with Gasteiger partial charge < -0.3 is 10.1 Å². The fourth-order valence-electron chi connectivity index (χ4n) is 3.93. The van der Waals surface area contributed by atoms with E-state index in [-0.39, 0.29) is 5.60 Å². The first kappa shape index (κ1) is 13.8. The third kappa shape index (κ3) is 3.31. The Morgan fingerprint density at radius 3 is 2.37 bits per heavy atom. The van der Waals surface area contributed by atoms with Crippen LogP contribution in [0.15, 0.2) is 0 Å². The number of sulfone groups is 1. The summed E-state index contributed by atoms with van der Waals surface area (Å²) in [4.78, 5) is 0. The highest BCUT2D eigenvalue weighted by Crippen LogP contribution is 2.40. The molecule has 3 rings (SSSR count). The van der Waals surface area contributed by atoms with Crippen LogP contribution in [-0.4, -0.2) is 44.2 Å². The molecule has 1 unspecified atom stereocenters. The van der Waals surface area contributed by atoms with Crippen molar-refractivity contribution >= 4 is 9.84 Å². The summed E-state index contributed by atoms with van der Waals surface area (Å²) in [5.74, 6) is 0.720. The maximum absolute atomic E-state index is 11.4. The molecule has 3 fully saturated rings. The van der Waals surface area contributed by atoms with Gasteiger partial charge in [-0.2, -0.15) is 0 Å². The molecule has 0 aromatic carbocycles. The number of nitrogens with one attached hydrogen (secondary N) is 1. The second-order valence-electron chi connectivity index (χ2n) is 6.52. The summed E-state index contributed by atoms with van der Waals surface area (Å²) < 4.78 is 28.9. The van der Waals surface area contributed by atoms with Crippen molar-refractivity contribution in [2.24, 2.45) is 0 Å². The third-order valence-corrected chi connectivity index (χ3v) is 6.75. The van der Waals surface area contributed by atoms with Gasteiger partial charge in [-0.3, -0.25) is 0 Å². The van der Waals surface area contributed by atoms with Crippen molar-refractivity contribution in [1.29, 1.82) is 0 Å². The first-order chi connectivity index (χ1) is 9.07. The Kier molecular flexibility index (Phi) is 3.89. The van der Waals surface area contributed by atoms with E-state index < -0.39 is 9.84 Å². The van der Waals surface area contributed by atoms with Gasteiger partial charge in [-0.25, -0.2) is 8.42 Å². The molecule has 1 saturated carbocycles. The molecular weight excluding hydrogens is 262 g/mol. The molecule has 2 aliphatic heterocycles. The maximum Gasteiger partial charge on any atom is 0.150 e. The van der Waals surface area contributed by atoms with Gasteiger partial charge in [0.05, 0.1) is 17.1 Å². The lowest BCUT2D eigenvalue weighted by Gasteiger charge is -2.40. The lowest BCUT2D eigenvalue weighted by molar-refractivity contribution is -0.0848. The average molecular weight is 287 g/mol. The van der Waals surface area contributed by atoms with E-state index in [0.29, 0.717) is 23.6 Å². The minimum atomic E-state index is -2.74. The molecule has 5 heteroatoms. The Bertz CT molecular complexity index is 400. The monoisotopic (exact) mass is 287 g/mol. The normalized spacial score (nSPS) is 34.6. The zero-order valence-electron chi connectivity index (χ0n) is 11.6. The fourth-order valence-corrected chi connectivity index (χ4v) is 5.42. The molecule has 0 aromatic heterocycles. The molecule has 110 valence electrons. The largest absolute Gasteiger partial charge is 0.375 e. The molecule has 1 aliphatic carbocycles. The Morgan fingerprint density at radius 1 is 1.00 bits per heavy atom. The van der Waals surface area contributed by atoms with E-state index in [1.165, 1.54) is 25.7 Å². The van der Waals surface area contributed by atoms with E-state index in [9.17, 15) is 8.42 Å². The van der Waals surface area contributed by atoms with E-state index in [1.54, 1.807) is 0 Å². The zero-order valence-corrected chi connectivity index (χ0v) is 12.4. The molecule has 0 amide bonds. The highest BCUT2D eigenvalue weighted by Gasteiger charge is 2.40. The van der Waals surface area contributed by atoms with Gasteiger partial charge in [0.1, 0.15) is 9.84 Å². The predicted octanol–water partition coefficient (Wildman–Crippen LogP) is 1.64. The molecule has 3 aliphatic rings. The molecule has 1 spiro atoms. The number of ether oxygens (including phenoxy) is 1. The van der Waals surface area contributed by atoms with Crippen molar-refractivity contribution in [3.05, 3.63) is 0 Å². The predicted molar refractivity (Wildman–Crippen MR) is 75.0 cm³/mol. The van der Waals surface area contributed by atoms with Gasteiger partial charge in [0.15, 0.2) is 0 Å². The number of rotatable bonds is 2. The molecule has 19 heavy (non-hydrogen) atoms. The van der Waals surface area contributed by atoms with E-state index in [0.717, 1.165) is 32.3 Å². The standard InChI is InChI=1S/C14H25NO3S/c16-19(17)9-4-12(5-10-19)15-13-3-8-18-14(11-13)6-1-2-7-14/h12-13,15H,1-11H2. The first-order valence-corrected chi connectivity index (χ1v) is 9.50. The quantitative estimate of drug-likeness (QED) is 0.839. The Labute approximate surface area is 116 Å². The molecule has 0 aromatic rings.